The van der Waals surface area contributed by atoms with Gasteiger partial charge in [0.15, 0.2) is 0 Å². The Balaban J connectivity index is 0.000000160. The van der Waals surface area contributed by atoms with Crippen LogP contribution in [0.1, 0.15) is 64.2 Å². The fraction of sp³-hybridized carbons (Fsp3) is 1.00. The van der Waals surface area contributed by atoms with Crippen LogP contribution in [0.25, 0.3) is 10.6 Å². The van der Waals surface area contributed by atoms with Crippen LogP contribution < -0.4 is 29.1 Å². The molecule has 4 fully saturated rings. The van der Waals surface area contributed by atoms with Gasteiger partial charge in [0.05, 0.1) is 0 Å². The molecule has 0 spiro atoms. The molecule has 0 radical (unpaired) electrons. The van der Waals surface area contributed by atoms with E-state index in [1.807, 2.05) is 0 Å². The topological polar surface area (TPSA) is 74.3 Å². The summed E-state index contributed by atoms with van der Waals surface area (Å²) in [5, 5.41) is 31.7. The van der Waals surface area contributed by atoms with E-state index in [9.17, 15) is 10.2 Å². The first kappa shape index (κ1) is 19.8. The maximum Gasteiger partial charge on any atom is 1.00 e. The maximum atomic E-state index is 11.4. The zero-order chi connectivity index (χ0) is 15.4. The van der Waals surface area contributed by atoms with Gasteiger partial charge in [-0.15, -0.1) is 37.4 Å². The Morgan fingerprint density at radius 2 is 0.957 bits per heavy atom. The molecule has 6 unspecified atom stereocenters. The van der Waals surface area contributed by atoms with Gasteiger partial charge in [-0.3, -0.25) is 0 Å². The molecule has 4 nitrogen and oxygen atoms in total. The summed E-state index contributed by atoms with van der Waals surface area (Å²) in [5.41, 5.74) is 0. The van der Waals surface area contributed by atoms with Crippen LogP contribution in [-0.2, 0) is 0 Å². The molecular weight excluding hydrogens is 283 g/mol. The summed E-state index contributed by atoms with van der Waals surface area (Å²) in [6.07, 6.45) is 10.7. The number of hydrogen-bond donors (Lipinski definition) is 0. The molecule has 0 aromatic rings. The Morgan fingerprint density at radius 3 is 1.35 bits per heavy atom. The summed E-state index contributed by atoms with van der Waals surface area (Å²) < 4.78 is 0. The zero-order valence-electron chi connectivity index (χ0n) is 14.7. The second-order valence-electron chi connectivity index (χ2n) is 7.54. The smallest absolute Gasteiger partial charge is 0.853 e. The van der Waals surface area contributed by atoms with E-state index in [1.54, 1.807) is 0 Å². The molecule has 4 aliphatic rings. The first-order valence-electron chi connectivity index (χ1n) is 9.40. The predicted molar refractivity (Wildman–Crippen MR) is 84.8 cm³/mol. The van der Waals surface area contributed by atoms with E-state index < -0.39 is 0 Å². The Kier molecular flexibility index (Phi) is 8.42. The number of nitrogens with zero attached hydrogens (tertiary/aromatic N) is 2. The number of rotatable bonds is 0. The molecule has 0 amide bonds. The predicted octanol–water partition coefficient (Wildman–Crippen LogP) is -0.893. The van der Waals surface area contributed by atoms with Crippen LogP contribution in [0.5, 0.6) is 0 Å². The van der Waals surface area contributed by atoms with Crippen molar-refractivity contribution in [3.05, 3.63) is 10.6 Å². The van der Waals surface area contributed by atoms with Crippen molar-refractivity contribution in [2.24, 2.45) is 11.8 Å². The molecule has 128 valence electrons. The average Bonchev–Trinajstić information content (AvgIpc) is 2.57. The van der Waals surface area contributed by atoms with Crippen molar-refractivity contribution in [3.63, 3.8) is 0 Å². The van der Waals surface area contributed by atoms with Crippen LogP contribution in [0.15, 0.2) is 0 Å². The molecule has 0 aromatic carbocycles. The van der Waals surface area contributed by atoms with Crippen molar-refractivity contribution < 1.29 is 29.1 Å². The standard InChI is InChI=1S/2C9H15NO.Li/c2*11-8-5-1-3-7-4-2-6-10-9(7)8;/h2*7-9H,1-6H2;/q2*-2;+1. The molecule has 0 N–H and O–H groups in total. The summed E-state index contributed by atoms with van der Waals surface area (Å²) in [5.74, 6) is 1.31. The van der Waals surface area contributed by atoms with Crippen molar-refractivity contribution in [3.8, 4) is 0 Å². The maximum absolute atomic E-state index is 11.4. The van der Waals surface area contributed by atoms with Crippen molar-refractivity contribution in [2.75, 3.05) is 13.1 Å². The van der Waals surface area contributed by atoms with E-state index in [-0.39, 0.29) is 43.2 Å². The van der Waals surface area contributed by atoms with Gasteiger partial charge in [0, 0.05) is 0 Å². The molecule has 23 heavy (non-hydrogen) atoms. The Bertz CT molecular complexity index is 309. The van der Waals surface area contributed by atoms with E-state index in [4.69, 9.17) is 0 Å². The third-order valence-corrected chi connectivity index (χ3v) is 6.00. The van der Waals surface area contributed by atoms with Gasteiger partial charge in [0.2, 0.25) is 0 Å². The molecule has 0 bridgehead atoms. The van der Waals surface area contributed by atoms with Gasteiger partial charge in [0.25, 0.3) is 0 Å². The Morgan fingerprint density at radius 1 is 0.565 bits per heavy atom. The van der Waals surface area contributed by atoms with Crippen LogP contribution in [-0.4, -0.2) is 37.4 Å². The fourth-order valence-electron chi connectivity index (χ4n) is 4.80. The SMILES string of the molecule is [Li+].[O-]C1CCCC2CCC[N-]C12.[O-]C1CCCC2CCC[N-]C12. The van der Waals surface area contributed by atoms with Gasteiger partial charge < -0.3 is 20.8 Å². The number of piperidine rings is 2. The van der Waals surface area contributed by atoms with Gasteiger partial charge in [-0.05, 0) is 0 Å². The molecule has 5 heteroatoms. The molecule has 6 atom stereocenters. The van der Waals surface area contributed by atoms with Gasteiger partial charge >= 0.3 is 18.9 Å². The van der Waals surface area contributed by atoms with Crippen molar-refractivity contribution in [2.45, 2.75) is 88.5 Å². The summed E-state index contributed by atoms with van der Waals surface area (Å²) in [6.45, 7) is 1.89. The van der Waals surface area contributed by atoms with E-state index in [0.29, 0.717) is 11.8 Å². The largest absolute Gasteiger partial charge is 1.00 e. The molecular formula is C18H30LiN2O2-3. The Labute approximate surface area is 153 Å². The summed E-state index contributed by atoms with van der Waals surface area (Å²) in [6, 6.07) is 0.384. The minimum Gasteiger partial charge on any atom is -0.853 e. The molecule has 2 heterocycles. The molecule has 4 rings (SSSR count). The fourth-order valence-corrected chi connectivity index (χ4v) is 4.80. The minimum atomic E-state index is -0.367. The second-order valence-corrected chi connectivity index (χ2v) is 7.54. The van der Waals surface area contributed by atoms with E-state index in [1.165, 1.54) is 38.5 Å². The minimum absolute atomic E-state index is 0. The van der Waals surface area contributed by atoms with Crippen LogP contribution in [0, 0.1) is 11.8 Å². The van der Waals surface area contributed by atoms with E-state index >= 15 is 0 Å². The van der Waals surface area contributed by atoms with Crippen LogP contribution in [0.4, 0.5) is 0 Å². The van der Waals surface area contributed by atoms with Gasteiger partial charge in [-0.1, -0.05) is 76.0 Å². The zero-order valence-corrected chi connectivity index (χ0v) is 14.7. The monoisotopic (exact) mass is 313 g/mol. The van der Waals surface area contributed by atoms with E-state index in [2.05, 4.69) is 10.6 Å². The number of hydrogen-bond acceptors (Lipinski definition) is 2. The summed E-state index contributed by atoms with van der Waals surface area (Å²) in [4.78, 5) is 0. The van der Waals surface area contributed by atoms with Crippen LogP contribution in [0.3, 0.4) is 0 Å². The molecule has 2 saturated heterocycles. The third kappa shape index (κ3) is 5.20. The van der Waals surface area contributed by atoms with Gasteiger partial charge in [-0.25, -0.2) is 0 Å². The second kappa shape index (κ2) is 9.80. The molecule has 2 saturated carbocycles. The molecule has 0 aromatic heterocycles. The first-order chi connectivity index (χ1) is 10.8. The van der Waals surface area contributed by atoms with Crippen molar-refractivity contribution in [1.82, 2.24) is 0 Å². The normalized spacial score (nSPS) is 43.0. The van der Waals surface area contributed by atoms with Gasteiger partial charge in [-0.2, -0.15) is 0 Å². The molecule has 2 aliphatic carbocycles. The molecule has 2 aliphatic heterocycles. The van der Waals surface area contributed by atoms with Crippen molar-refractivity contribution in [1.29, 1.82) is 0 Å². The average molecular weight is 313 g/mol. The van der Waals surface area contributed by atoms with Crippen LogP contribution >= 0.6 is 0 Å². The Hall–Kier alpha value is 0.437. The van der Waals surface area contributed by atoms with Gasteiger partial charge in [0.1, 0.15) is 0 Å². The van der Waals surface area contributed by atoms with Crippen molar-refractivity contribution >= 4 is 0 Å². The van der Waals surface area contributed by atoms with Crippen LogP contribution in [0.2, 0.25) is 0 Å². The summed E-state index contributed by atoms with van der Waals surface area (Å²) >= 11 is 0. The first-order valence-corrected chi connectivity index (χ1v) is 9.40. The quantitative estimate of drug-likeness (QED) is 0.544. The van der Waals surface area contributed by atoms with E-state index in [0.717, 1.165) is 38.8 Å². The summed E-state index contributed by atoms with van der Waals surface area (Å²) in [7, 11) is 0. The number of fused-ring (bicyclic) bond motifs is 2. The third-order valence-electron chi connectivity index (χ3n) is 6.00.